The van der Waals surface area contributed by atoms with Gasteiger partial charge in [-0.3, -0.25) is 0 Å². The molecule has 4 rings (SSSR count). The number of ether oxygens (including phenoxy) is 1. The van der Waals surface area contributed by atoms with Crippen LogP contribution in [-0.4, -0.2) is 49.3 Å². The second kappa shape index (κ2) is 9.13. The number of benzene rings is 2. The predicted octanol–water partition coefficient (Wildman–Crippen LogP) is 3.46. The van der Waals surface area contributed by atoms with Gasteiger partial charge in [0.2, 0.25) is 5.95 Å². The smallest absolute Gasteiger partial charge is 0.323 e. The van der Waals surface area contributed by atoms with Crippen molar-refractivity contribution in [3.63, 3.8) is 0 Å². The Hall–Kier alpha value is -3.81. The molecular formula is C22H24N6O2. The minimum absolute atomic E-state index is 0.365. The Morgan fingerprint density at radius 1 is 0.867 bits per heavy atom. The van der Waals surface area contributed by atoms with Gasteiger partial charge in [0.05, 0.1) is 25.2 Å². The fourth-order valence-corrected chi connectivity index (χ4v) is 3.35. The van der Waals surface area contributed by atoms with Crippen molar-refractivity contribution in [1.82, 2.24) is 9.97 Å². The average Bonchev–Trinajstić information content (AvgIpc) is 2.80. The van der Waals surface area contributed by atoms with E-state index in [1.807, 2.05) is 18.2 Å². The predicted molar refractivity (Wildman–Crippen MR) is 119 cm³/mol. The second-order valence-electron chi connectivity index (χ2n) is 6.89. The van der Waals surface area contributed by atoms with Crippen LogP contribution in [0, 0.1) is 0 Å². The van der Waals surface area contributed by atoms with Crippen molar-refractivity contribution >= 4 is 29.0 Å². The number of hydrogen-bond donors (Lipinski definition) is 2. The number of hydrogen-bond acceptors (Lipinski definition) is 6. The van der Waals surface area contributed by atoms with E-state index in [0.29, 0.717) is 23.1 Å². The molecule has 2 aromatic carbocycles. The van der Waals surface area contributed by atoms with Crippen LogP contribution in [0.3, 0.4) is 0 Å². The molecule has 1 saturated heterocycles. The quantitative estimate of drug-likeness (QED) is 0.678. The molecule has 1 aromatic heterocycles. The molecule has 2 heterocycles. The Balaban J connectivity index is 1.30. The number of carbonyl (C=O) groups is 1. The van der Waals surface area contributed by atoms with Gasteiger partial charge in [-0.25, -0.2) is 14.8 Å². The van der Waals surface area contributed by atoms with E-state index in [4.69, 9.17) is 4.74 Å². The summed E-state index contributed by atoms with van der Waals surface area (Å²) in [6.45, 7) is 3.52. The number of para-hydroxylation sites is 1. The average molecular weight is 404 g/mol. The first-order valence-electron chi connectivity index (χ1n) is 9.80. The lowest BCUT2D eigenvalue weighted by atomic mass is 10.2. The molecule has 1 aliphatic heterocycles. The molecule has 8 nitrogen and oxygen atoms in total. The fourth-order valence-electron chi connectivity index (χ4n) is 3.35. The number of piperazine rings is 1. The zero-order valence-corrected chi connectivity index (χ0v) is 16.8. The van der Waals surface area contributed by atoms with Crippen molar-refractivity contribution in [2.45, 2.75) is 0 Å². The van der Waals surface area contributed by atoms with Crippen molar-refractivity contribution in [2.24, 2.45) is 0 Å². The van der Waals surface area contributed by atoms with Crippen LogP contribution in [0.25, 0.3) is 0 Å². The molecule has 1 aliphatic rings. The van der Waals surface area contributed by atoms with Crippen molar-refractivity contribution in [3.8, 4) is 5.75 Å². The molecular weight excluding hydrogens is 380 g/mol. The lowest BCUT2D eigenvalue weighted by molar-refractivity contribution is 0.262. The van der Waals surface area contributed by atoms with Gasteiger partial charge in [-0.15, -0.1) is 0 Å². The minimum atomic E-state index is -0.365. The number of nitrogens with zero attached hydrogens (tertiary/aromatic N) is 4. The van der Waals surface area contributed by atoms with Crippen LogP contribution in [0.2, 0.25) is 0 Å². The molecule has 0 bridgehead atoms. The second-order valence-corrected chi connectivity index (χ2v) is 6.89. The van der Waals surface area contributed by atoms with Gasteiger partial charge in [-0.1, -0.05) is 24.3 Å². The maximum absolute atomic E-state index is 12.2. The van der Waals surface area contributed by atoms with E-state index in [-0.39, 0.29) is 6.03 Å². The summed E-state index contributed by atoms with van der Waals surface area (Å²) in [4.78, 5) is 25.6. The summed E-state index contributed by atoms with van der Waals surface area (Å²) in [5.74, 6) is 1.34. The van der Waals surface area contributed by atoms with Crippen LogP contribution in [0.1, 0.15) is 0 Å². The third-order valence-corrected chi connectivity index (χ3v) is 4.91. The standard InChI is InChI=1S/C22H24N6O2/c1-30-20-9-5-6-17(14-20)25-22(29)26-18-15-23-21(24-16-18)28-12-10-27(11-13-28)19-7-3-2-4-8-19/h2-9,14-16H,10-13H2,1H3,(H2,25,26,29). The molecule has 0 unspecified atom stereocenters. The SMILES string of the molecule is COc1cccc(NC(=O)Nc2cnc(N3CCN(c4ccccc4)CC3)nc2)c1. The molecule has 1 fully saturated rings. The number of aromatic nitrogens is 2. The lowest BCUT2D eigenvalue weighted by Gasteiger charge is -2.36. The lowest BCUT2D eigenvalue weighted by Crippen LogP contribution is -2.47. The summed E-state index contributed by atoms with van der Waals surface area (Å²) in [6, 6.07) is 17.2. The molecule has 2 N–H and O–H groups in total. The van der Waals surface area contributed by atoms with Crippen LogP contribution in [0.4, 0.5) is 27.8 Å². The number of urea groups is 1. The summed E-state index contributed by atoms with van der Waals surface area (Å²) in [5, 5.41) is 5.51. The summed E-state index contributed by atoms with van der Waals surface area (Å²) in [5.41, 5.74) is 2.41. The van der Waals surface area contributed by atoms with Crippen molar-refractivity contribution in [2.75, 3.05) is 53.7 Å². The van der Waals surface area contributed by atoms with Gasteiger partial charge in [0, 0.05) is 43.6 Å². The number of methoxy groups -OCH3 is 1. The Kier molecular flexibility index (Phi) is 5.93. The number of nitrogens with one attached hydrogen (secondary N) is 2. The van der Waals surface area contributed by atoms with Crippen molar-refractivity contribution in [3.05, 3.63) is 67.0 Å². The van der Waals surface area contributed by atoms with E-state index >= 15 is 0 Å². The zero-order valence-electron chi connectivity index (χ0n) is 16.8. The van der Waals surface area contributed by atoms with Gasteiger partial charge < -0.3 is 25.2 Å². The highest BCUT2D eigenvalue weighted by molar-refractivity contribution is 5.99. The summed E-state index contributed by atoms with van der Waals surface area (Å²) in [7, 11) is 1.58. The molecule has 0 saturated carbocycles. The highest BCUT2D eigenvalue weighted by Gasteiger charge is 2.19. The van der Waals surface area contributed by atoms with E-state index in [2.05, 4.69) is 54.7 Å². The number of carbonyl (C=O) groups excluding carboxylic acids is 1. The van der Waals surface area contributed by atoms with Gasteiger partial charge in [-0.05, 0) is 24.3 Å². The van der Waals surface area contributed by atoms with Crippen molar-refractivity contribution < 1.29 is 9.53 Å². The minimum Gasteiger partial charge on any atom is -0.497 e. The molecule has 0 aliphatic carbocycles. The maximum Gasteiger partial charge on any atom is 0.323 e. The van der Waals surface area contributed by atoms with Gasteiger partial charge in [0.25, 0.3) is 0 Å². The summed E-state index contributed by atoms with van der Waals surface area (Å²) in [6.07, 6.45) is 3.24. The molecule has 0 spiro atoms. The van der Waals surface area contributed by atoms with Gasteiger partial charge in [-0.2, -0.15) is 0 Å². The van der Waals surface area contributed by atoms with Crippen LogP contribution >= 0.6 is 0 Å². The highest BCUT2D eigenvalue weighted by Crippen LogP contribution is 2.19. The Labute approximate surface area is 175 Å². The number of anilines is 4. The van der Waals surface area contributed by atoms with Gasteiger partial charge in [0.15, 0.2) is 0 Å². The monoisotopic (exact) mass is 404 g/mol. The third-order valence-electron chi connectivity index (χ3n) is 4.91. The molecule has 154 valence electrons. The Morgan fingerprint density at radius 3 is 2.23 bits per heavy atom. The van der Waals surface area contributed by atoms with Crippen LogP contribution in [-0.2, 0) is 0 Å². The first kappa shape index (κ1) is 19.5. The van der Waals surface area contributed by atoms with E-state index in [9.17, 15) is 4.79 Å². The topological polar surface area (TPSA) is 82.6 Å². The molecule has 3 aromatic rings. The van der Waals surface area contributed by atoms with Crippen molar-refractivity contribution in [1.29, 1.82) is 0 Å². The van der Waals surface area contributed by atoms with Gasteiger partial charge >= 0.3 is 6.03 Å². The third kappa shape index (κ3) is 4.78. The maximum atomic E-state index is 12.2. The zero-order chi connectivity index (χ0) is 20.8. The summed E-state index contributed by atoms with van der Waals surface area (Å²) >= 11 is 0. The molecule has 2 amide bonds. The number of amides is 2. The molecule has 0 atom stereocenters. The largest absolute Gasteiger partial charge is 0.497 e. The van der Waals surface area contributed by atoms with E-state index in [1.54, 1.807) is 31.6 Å². The van der Waals surface area contributed by atoms with E-state index < -0.39 is 0 Å². The summed E-state index contributed by atoms with van der Waals surface area (Å²) < 4.78 is 5.16. The number of rotatable bonds is 5. The molecule has 30 heavy (non-hydrogen) atoms. The first-order chi connectivity index (χ1) is 14.7. The normalized spacial score (nSPS) is 13.6. The Bertz CT molecular complexity index is 972. The van der Waals surface area contributed by atoms with E-state index in [0.717, 1.165) is 26.2 Å². The molecule has 8 heteroatoms. The highest BCUT2D eigenvalue weighted by atomic mass is 16.5. The van der Waals surface area contributed by atoms with Crippen LogP contribution in [0.15, 0.2) is 67.0 Å². The first-order valence-corrected chi connectivity index (χ1v) is 9.80. The van der Waals surface area contributed by atoms with Crippen LogP contribution < -0.4 is 25.2 Å². The van der Waals surface area contributed by atoms with E-state index in [1.165, 1.54) is 5.69 Å². The molecule has 0 radical (unpaired) electrons. The fraction of sp³-hybridized carbons (Fsp3) is 0.227. The van der Waals surface area contributed by atoms with Crippen LogP contribution in [0.5, 0.6) is 5.75 Å². The van der Waals surface area contributed by atoms with Gasteiger partial charge in [0.1, 0.15) is 5.75 Å². The Morgan fingerprint density at radius 2 is 1.53 bits per heavy atom.